The largest absolute Gasteiger partial charge is 0.492 e. The van der Waals surface area contributed by atoms with Gasteiger partial charge in [-0.05, 0) is 76.6 Å². The van der Waals surface area contributed by atoms with Gasteiger partial charge in [-0.15, -0.1) is 0 Å². The maximum atomic E-state index is 16.1. The maximum Gasteiger partial charge on any atom is 0.350 e. The van der Waals surface area contributed by atoms with Crippen molar-refractivity contribution in [3.63, 3.8) is 0 Å². The van der Waals surface area contributed by atoms with Crippen LogP contribution in [0.1, 0.15) is 50.6 Å². The molecule has 2 aliphatic carbocycles. The third kappa shape index (κ3) is 6.29. The minimum absolute atomic E-state index is 0.00204. The Balaban J connectivity index is 1.05. The van der Waals surface area contributed by atoms with E-state index in [0.717, 1.165) is 25.0 Å². The van der Waals surface area contributed by atoms with Crippen molar-refractivity contribution in [3.05, 3.63) is 65.4 Å². The molecule has 6 atom stereocenters. The van der Waals surface area contributed by atoms with Gasteiger partial charge in [-0.3, -0.25) is 23.7 Å². The van der Waals surface area contributed by atoms with Crippen LogP contribution < -0.4 is 53.5 Å². The third-order valence-corrected chi connectivity index (χ3v) is 12.4. The van der Waals surface area contributed by atoms with Crippen LogP contribution in [0.4, 0.5) is 20.3 Å². The summed E-state index contributed by atoms with van der Waals surface area (Å²) in [7, 11) is 4.80. The molecule has 6 unspecified atom stereocenters. The summed E-state index contributed by atoms with van der Waals surface area (Å²) in [4.78, 5) is 61.8. The van der Waals surface area contributed by atoms with Crippen molar-refractivity contribution in [3.8, 4) is 17.9 Å². The maximum absolute atomic E-state index is 16.1. The molecule has 1 aromatic carbocycles. The number of nitrogens with two attached hydrogens (primary N) is 1. The number of benzene rings is 1. The lowest BCUT2D eigenvalue weighted by Crippen LogP contribution is -2.53. The normalized spacial score (nSPS) is 21.7. The first kappa shape index (κ1) is 38.1. The second-order valence-corrected chi connectivity index (χ2v) is 15.6. The number of hydrogen-bond acceptors (Lipinski definition) is 13. The van der Waals surface area contributed by atoms with Gasteiger partial charge >= 0.3 is 11.4 Å². The van der Waals surface area contributed by atoms with Crippen molar-refractivity contribution in [2.24, 2.45) is 23.7 Å². The van der Waals surface area contributed by atoms with Crippen LogP contribution in [0.25, 0.3) is 21.9 Å². The number of aromatic nitrogens is 5. The Morgan fingerprint density at radius 1 is 0.895 bits per heavy atom. The summed E-state index contributed by atoms with van der Waals surface area (Å²) in [5.74, 6) is 2.55. The molecule has 300 valence electrons. The van der Waals surface area contributed by atoms with E-state index in [1.54, 1.807) is 23.9 Å². The van der Waals surface area contributed by atoms with Crippen LogP contribution >= 0.6 is 0 Å². The van der Waals surface area contributed by atoms with E-state index in [2.05, 4.69) is 32.7 Å². The fraction of sp³-hybridized carbons (Fsp3) is 0.553. The van der Waals surface area contributed by atoms with Gasteiger partial charge in [-0.25, -0.2) is 23.4 Å². The van der Waals surface area contributed by atoms with Crippen LogP contribution in [0.15, 0.2) is 31.3 Å². The predicted molar refractivity (Wildman–Crippen MR) is 207 cm³/mol. The summed E-state index contributed by atoms with van der Waals surface area (Å²) in [5.41, 5.74) is -2.43. The molecule has 4 fully saturated rings. The fourth-order valence-corrected chi connectivity index (χ4v) is 9.34. The highest BCUT2D eigenvalue weighted by Gasteiger charge is 2.45. The van der Waals surface area contributed by atoms with Gasteiger partial charge in [-0.1, -0.05) is 0 Å². The molecule has 2 saturated carbocycles. The number of ether oxygens (including phenoxy) is 1. The van der Waals surface area contributed by atoms with Gasteiger partial charge in [0.15, 0.2) is 28.8 Å². The molecular weight excluding hydrogens is 742 g/mol. The van der Waals surface area contributed by atoms with Gasteiger partial charge in [0.25, 0.3) is 11.1 Å². The first-order valence-electron chi connectivity index (χ1n) is 19.3. The number of aromatic amines is 1. The summed E-state index contributed by atoms with van der Waals surface area (Å²) < 4.78 is 40.8. The molecule has 57 heavy (non-hydrogen) atoms. The Morgan fingerprint density at radius 2 is 1.54 bits per heavy atom. The third-order valence-electron chi connectivity index (χ3n) is 12.4. The van der Waals surface area contributed by atoms with Crippen molar-refractivity contribution >= 4 is 33.4 Å². The number of nitriles is 2. The predicted octanol–water partition coefficient (Wildman–Crippen LogP) is 1.04. The Hall–Kier alpha value is -5.79. The first-order valence-corrected chi connectivity index (χ1v) is 19.3. The fourth-order valence-electron chi connectivity index (χ4n) is 9.34. The summed E-state index contributed by atoms with van der Waals surface area (Å²) in [6.07, 6.45) is 3.96. The highest BCUT2D eigenvalue weighted by molar-refractivity contribution is 5.91. The van der Waals surface area contributed by atoms with Gasteiger partial charge in [0.05, 0.1) is 41.9 Å². The number of nitrogens with one attached hydrogen (secondary N) is 3. The number of methoxy groups -OCH3 is 1. The van der Waals surface area contributed by atoms with Gasteiger partial charge < -0.3 is 31.0 Å². The first-order chi connectivity index (χ1) is 27.4. The molecule has 3 aromatic heterocycles. The van der Waals surface area contributed by atoms with Crippen LogP contribution in [-0.2, 0) is 0 Å². The van der Waals surface area contributed by atoms with Gasteiger partial charge in [-0.2, -0.15) is 15.2 Å². The molecule has 5 N–H and O–H groups in total. The second-order valence-electron chi connectivity index (χ2n) is 15.6. The molecule has 2 aliphatic heterocycles. The molecule has 0 bridgehead atoms. The lowest BCUT2D eigenvalue weighted by Gasteiger charge is -2.36. The zero-order valence-corrected chi connectivity index (χ0v) is 31.8. The number of fused-ring (bicyclic) bond motifs is 2. The standard InChI is InChI=1S/C38H44F2N12O5/c1-44-28(19-9-11-49(17-19)34-27(40)13-23-33(46-34)51(21-6-7-21)37(55)47-35(23)53)25(15-42)29(45-2)24(14-41)18-8-10-48(16-18)31-26(39)12-22-30(32(31)57-3)50(20-4-5-20)38(56)52(43)36(22)54/h12-13,18-21,24-25,28-29,44-45H,4-11,16-17,43H2,1-3H3,(H,47,53,55). The van der Waals surface area contributed by atoms with E-state index >= 15 is 8.78 Å². The minimum Gasteiger partial charge on any atom is -0.492 e. The monoisotopic (exact) mass is 786 g/mol. The topological polar surface area (TPSA) is 225 Å². The number of anilines is 2. The number of rotatable bonds is 12. The molecule has 0 radical (unpaired) electrons. The molecular formula is C38H44F2N12O5. The average molecular weight is 787 g/mol. The van der Waals surface area contributed by atoms with Gasteiger partial charge in [0, 0.05) is 50.3 Å². The lowest BCUT2D eigenvalue weighted by atomic mass is 9.75. The number of pyridine rings is 1. The number of nitrogen functional groups attached to an aromatic ring is 1. The van der Waals surface area contributed by atoms with Crippen LogP contribution in [0.2, 0.25) is 0 Å². The smallest absolute Gasteiger partial charge is 0.350 e. The molecule has 5 heterocycles. The lowest BCUT2D eigenvalue weighted by molar-refractivity contribution is 0.218. The Bertz CT molecular complexity index is 2600. The van der Waals surface area contributed by atoms with Gasteiger partial charge in [0.2, 0.25) is 0 Å². The van der Waals surface area contributed by atoms with E-state index in [0.29, 0.717) is 50.0 Å². The van der Waals surface area contributed by atoms with E-state index in [9.17, 15) is 29.7 Å². The van der Waals surface area contributed by atoms with E-state index in [1.807, 2.05) is 0 Å². The zero-order valence-electron chi connectivity index (χ0n) is 31.8. The van der Waals surface area contributed by atoms with Crippen molar-refractivity contribution in [1.29, 1.82) is 10.5 Å². The number of H-pyrrole nitrogens is 1. The highest BCUT2D eigenvalue weighted by atomic mass is 19.1. The van der Waals surface area contributed by atoms with Crippen molar-refractivity contribution in [2.75, 3.05) is 63.0 Å². The minimum atomic E-state index is -0.835. The molecule has 8 rings (SSSR count). The Morgan fingerprint density at radius 3 is 2.18 bits per heavy atom. The quantitative estimate of drug-likeness (QED) is 0.148. The molecule has 0 amide bonds. The molecule has 19 heteroatoms. The van der Waals surface area contributed by atoms with Crippen LogP contribution in [-0.4, -0.2) is 83.2 Å². The number of hydrogen-bond donors (Lipinski definition) is 4. The van der Waals surface area contributed by atoms with Crippen LogP contribution in [0.3, 0.4) is 0 Å². The molecule has 2 saturated heterocycles. The van der Waals surface area contributed by atoms with E-state index in [1.165, 1.54) is 16.2 Å². The summed E-state index contributed by atoms with van der Waals surface area (Å²) in [5, 5.41) is 27.9. The van der Waals surface area contributed by atoms with E-state index in [4.69, 9.17) is 10.6 Å². The molecule has 0 spiro atoms. The van der Waals surface area contributed by atoms with Crippen LogP contribution in [0, 0.1) is 58.0 Å². The molecule has 4 aliphatic rings. The Labute approximate surface area is 324 Å². The van der Waals surface area contributed by atoms with E-state index in [-0.39, 0.29) is 69.7 Å². The zero-order chi connectivity index (χ0) is 40.4. The highest BCUT2D eigenvalue weighted by Crippen LogP contribution is 2.45. The summed E-state index contributed by atoms with van der Waals surface area (Å²) in [6, 6.07) is 5.72. The van der Waals surface area contributed by atoms with Crippen molar-refractivity contribution in [1.82, 2.24) is 34.4 Å². The Kier molecular flexibility index (Phi) is 9.77. The molecule has 4 aromatic rings. The van der Waals surface area contributed by atoms with Crippen molar-refractivity contribution in [2.45, 2.75) is 62.7 Å². The molecule has 17 nitrogen and oxygen atoms in total. The van der Waals surface area contributed by atoms with Gasteiger partial charge in [0.1, 0.15) is 11.2 Å². The van der Waals surface area contributed by atoms with Crippen molar-refractivity contribution < 1.29 is 13.5 Å². The summed E-state index contributed by atoms with van der Waals surface area (Å²) >= 11 is 0. The second kappa shape index (κ2) is 14.6. The summed E-state index contributed by atoms with van der Waals surface area (Å²) in [6.45, 7) is 1.30. The average Bonchev–Trinajstić information content (AvgIpc) is 4.12. The number of nitrogens with zero attached hydrogens (tertiary/aromatic N) is 8. The SMILES string of the molecule is CNC(C1CCN(c2nc3c(cc2F)c(=O)[nH]c(=O)n3C2CC2)C1)C(C#N)C(NC)C(C#N)C1CCN(c2c(F)cc3c(=O)n(N)c(=O)n(C4CC4)c3c2OC)C1. The number of halogens is 2. The van der Waals surface area contributed by atoms with Crippen LogP contribution in [0.5, 0.6) is 5.75 Å². The van der Waals surface area contributed by atoms with E-state index < -0.39 is 58.1 Å².